The first-order valence-corrected chi connectivity index (χ1v) is 8.05. The standard InChI is InChI=1S/C18H22N2O4/c1-13(15-7-8-17(24-15)18(21)22)19-9-11-20(12-10-19)14-5-3-4-6-16(14)23-2/h3-8,13H,9-12H2,1-2H3,(H,21,22). The van der Waals surface area contributed by atoms with Crippen LogP contribution in [0.2, 0.25) is 0 Å². The number of carboxylic acid groups (broad SMARTS) is 1. The van der Waals surface area contributed by atoms with Crippen molar-refractivity contribution in [3.63, 3.8) is 0 Å². The first-order valence-electron chi connectivity index (χ1n) is 8.05. The summed E-state index contributed by atoms with van der Waals surface area (Å²) in [5.74, 6) is 0.535. The summed E-state index contributed by atoms with van der Waals surface area (Å²) in [5.41, 5.74) is 1.11. The fourth-order valence-electron chi connectivity index (χ4n) is 3.11. The second-order valence-electron chi connectivity index (χ2n) is 5.88. The molecule has 0 saturated carbocycles. The molecule has 0 amide bonds. The third kappa shape index (κ3) is 3.23. The summed E-state index contributed by atoms with van der Waals surface area (Å²) in [4.78, 5) is 15.6. The number of furan rings is 1. The molecule has 1 unspecified atom stereocenters. The number of rotatable bonds is 5. The molecule has 3 rings (SSSR count). The van der Waals surface area contributed by atoms with Crippen LogP contribution in [0.1, 0.15) is 29.3 Å². The van der Waals surface area contributed by atoms with Crippen molar-refractivity contribution in [1.82, 2.24) is 4.90 Å². The highest BCUT2D eigenvalue weighted by Gasteiger charge is 2.25. The first-order chi connectivity index (χ1) is 11.6. The van der Waals surface area contributed by atoms with Gasteiger partial charge in [0.05, 0.1) is 18.8 Å². The predicted octanol–water partition coefficient (Wildman–Crippen LogP) is 2.87. The summed E-state index contributed by atoms with van der Waals surface area (Å²) in [6.45, 7) is 5.57. The highest BCUT2D eigenvalue weighted by Crippen LogP contribution is 2.30. The number of piperazine rings is 1. The van der Waals surface area contributed by atoms with Gasteiger partial charge in [0.15, 0.2) is 0 Å². The number of carboxylic acids is 1. The molecule has 1 fully saturated rings. The van der Waals surface area contributed by atoms with Gasteiger partial charge in [-0.2, -0.15) is 0 Å². The normalized spacial score (nSPS) is 16.8. The number of hydrogen-bond donors (Lipinski definition) is 1. The maximum absolute atomic E-state index is 10.9. The Bertz CT molecular complexity index is 705. The van der Waals surface area contributed by atoms with Gasteiger partial charge in [-0.25, -0.2) is 4.79 Å². The van der Waals surface area contributed by atoms with Crippen molar-refractivity contribution in [3.05, 3.63) is 47.9 Å². The Morgan fingerprint density at radius 3 is 2.50 bits per heavy atom. The van der Waals surface area contributed by atoms with Crippen molar-refractivity contribution in [2.24, 2.45) is 0 Å². The zero-order valence-corrected chi connectivity index (χ0v) is 13.9. The quantitative estimate of drug-likeness (QED) is 0.909. The maximum atomic E-state index is 10.9. The van der Waals surface area contributed by atoms with Crippen LogP contribution in [0.5, 0.6) is 5.75 Å². The highest BCUT2D eigenvalue weighted by molar-refractivity contribution is 5.84. The SMILES string of the molecule is COc1ccccc1N1CCN(C(C)c2ccc(C(=O)O)o2)CC1. The fraction of sp³-hybridized carbons (Fsp3) is 0.389. The number of nitrogens with zero attached hydrogens (tertiary/aromatic N) is 2. The van der Waals surface area contributed by atoms with E-state index in [1.54, 1.807) is 13.2 Å². The lowest BCUT2D eigenvalue weighted by molar-refractivity contribution is 0.0655. The van der Waals surface area contributed by atoms with Crippen molar-refractivity contribution in [2.45, 2.75) is 13.0 Å². The van der Waals surface area contributed by atoms with Crippen LogP contribution in [0.25, 0.3) is 0 Å². The topological polar surface area (TPSA) is 66.2 Å². The number of benzene rings is 1. The summed E-state index contributed by atoms with van der Waals surface area (Å²) >= 11 is 0. The molecule has 1 aromatic heterocycles. The summed E-state index contributed by atoms with van der Waals surface area (Å²) in [6.07, 6.45) is 0. The Kier molecular flexibility index (Phi) is 4.76. The third-order valence-electron chi connectivity index (χ3n) is 4.54. The molecule has 128 valence electrons. The largest absolute Gasteiger partial charge is 0.495 e. The van der Waals surface area contributed by atoms with E-state index in [9.17, 15) is 4.79 Å². The van der Waals surface area contributed by atoms with Crippen LogP contribution < -0.4 is 9.64 Å². The van der Waals surface area contributed by atoms with Gasteiger partial charge >= 0.3 is 5.97 Å². The van der Waals surface area contributed by atoms with Gasteiger partial charge < -0.3 is 19.2 Å². The molecule has 0 bridgehead atoms. The molecule has 0 aliphatic carbocycles. The minimum absolute atomic E-state index is 0.00971. The van der Waals surface area contributed by atoms with E-state index in [0.29, 0.717) is 5.76 Å². The van der Waals surface area contributed by atoms with Gasteiger partial charge in [0.2, 0.25) is 5.76 Å². The van der Waals surface area contributed by atoms with Gasteiger partial charge in [-0.05, 0) is 31.2 Å². The minimum atomic E-state index is -1.03. The molecule has 1 aliphatic rings. The summed E-state index contributed by atoms with van der Waals surface area (Å²) < 4.78 is 10.9. The Morgan fingerprint density at radius 2 is 1.88 bits per heavy atom. The highest BCUT2D eigenvalue weighted by atomic mass is 16.5. The van der Waals surface area contributed by atoms with E-state index in [1.807, 2.05) is 25.1 Å². The number of para-hydroxylation sites is 2. The number of aromatic carboxylic acids is 1. The molecular weight excluding hydrogens is 308 g/mol. The van der Waals surface area contributed by atoms with E-state index in [1.165, 1.54) is 6.07 Å². The van der Waals surface area contributed by atoms with Crippen molar-refractivity contribution in [1.29, 1.82) is 0 Å². The molecule has 1 atom stereocenters. The summed E-state index contributed by atoms with van der Waals surface area (Å²) in [5, 5.41) is 8.97. The van der Waals surface area contributed by atoms with Crippen LogP contribution in [-0.4, -0.2) is 49.3 Å². The van der Waals surface area contributed by atoms with Crippen LogP contribution in [0.3, 0.4) is 0 Å². The van der Waals surface area contributed by atoms with Crippen LogP contribution in [0.15, 0.2) is 40.8 Å². The lowest BCUT2D eigenvalue weighted by Crippen LogP contribution is -2.47. The van der Waals surface area contributed by atoms with Crippen LogP contribution >= 0.6 is 0 Å². The average Bonchev–Trinajstić information content (AvgIpc) is 3.11. The van der Waals surface area contributed by atoms with Crippen LogP contribution in [-0.2, 0) is 0 Å². The number of ether oxygens (including phenoxy) is 1. The van der Waals surface area contributed by atoms with E-state index in [2.05, 4.69) is 15.9 Å². The number of anilines is 1. The molecule has 2 aromatic rings. The Morgan fingerprint density at radius 1 is 1.17 bits per heavy atom. The van der Waals surface area contributed by atoms with Gasteiger partial charge in [-0.15, -0.1) is 0 Å². The van der Waals surface area contributed by atoms with E-state index in [4.69, 9.17) is 14.3 Å². The zero-order chi connectivity index (χ0) is 17.1. The molecule has 1 aromatic carbocycles. The number of methoxy groups -OCH3 is 1. The lowest BCUT2D eigenvalue weighted by atomic mass is 10.1. The fourth-order valence-corrected chi connectivity index (χ4v) is 3.11. The van der Waals surface area contributed by atoms with Gasteiger partial charge in [0, 0.05) is 26.2 Å². The number of carbonyl (C=O) groups is 1. The number of hydrogen-bond acceptors (Lipinski definition) is 5. The van der Waals surface area contributed by atoms with Gasteiger partial charge in [-0.1, -0.05) is 12.1 Å². The van der Waals surface area contributed by atoms with E-state index >= 15 is 0 Å². The third-order valence-corrected chi connectivity index (χ3v) is 4.54. The molecule has 1 saturated heterocycles. The van der Waals surface area contributed by atoms with E-state index in [-0.39, 0.29) is 11.8 Å². The Labute approximate surface area is 141 Å². The molecule has 6 nitrogen and oxygen atoms in total. The Hall–Kier alpha value is -2.47. The van der Waals surface area contributed by atoms with Crippen molar-refractivity contribution in [2.75, 3.05) is 38.2 Å². The van der Waals surface area contributed by atoms with Crippen molar-refractivity contribution < 1.29 is 19.1 Å². The predicted molar refractivity (Wildman–Crippen MR) is 90.9 cm³/mol. The minimum Gasteiger partial charge on any atom is -0.495 e. The lowest BCUT2D eigenvalue weighted by Gasteiger charge is -2.38. The monoisotopic (exact) mass is 330 g/mol. The second-order valence-corrected chi connectivity index (χ2v) is 5.88. The molecule has 1 aliphatic heterocycles. The van der Waals surface area contributed by atoms with Crippen LogP contribution in [0, 0.1) is 0 Å². The molecule has 2 heterocycles. The van der Waals surface area contributed by atoms with Gasteiger partial charge in [-0.3, -0.25) is 4.90 Å². The molecule has 0 radical (unpaired) electrons. The summed E-state index contributed by atoms with van der Waals surface area (Å²) in [6, 6.07) is 11.4. The van der Waals surface area contributed by atoms with E-state index < -0.39 is 5.97 Å². The Balaban J connectivity index is 1.65. The molecular formula is C18H22N2O4. The van der Waals surface area contributed by atoms with Gasteiger partial charge in [0.1, 0.15) is 11.5 Å². The molecule has 24 heavy (non-hydrogen) atoms. The first kappa shape index (κ1) is 16.4. The molecule has 1 N–H and O–H groups in total. The van der Waals surface area contributed by atoms with Crippen molar-refractivity contribution >= 4 is 11.7 Å². The molecule has 0 spiro atoms. The van der Waals surface area contributed by atoms with E-state index in [0.717, 1.165) is 37.6 Å². The second kappa shape index (κ2) is 6.97. The zero-order valence-electron chi connectivity index (χ0n) is 13.9. The maximum Gasteiger partial charge on any atom is 0.371 e. The van der Waals surface area contributed by atoms with Gasteiger partial charge in [0.25, 0.3) is 0 Å². The summed E-state index contributed by atoms with van der Waals surface area (Å²) in [7, 11) is 1.69. The van der Waals surface area contributed by atoms with Crippen molar-refractivity contribution in [3.8, 4) is 5.75 Å². The molecule has 6 heteroatoms. The smallest absolute Gasteiger partial charge is 0.371 e. The average molecular weight is 330 g/mol. The van der Waals surface area contributed by atoms with Crippen LogP contribution in [0.4, 0.5) is 5.69 Å².